The van der Waals surface area contributed by atoms with E-state index in [2.05, 4.69) is 80.0 Å². The van der Waals surface area contributed by atoms with E-state index in [1.165, 1.54) is 97.6 Å². The highest BCUT2D eigenvalue weighted by Crippen LogP contribution is 2.32. The van der Waals surface area contributed by atoms with Gasteiger partial charge in [0.15, 0.2) is 0 Å². The molecule has 0 unspecified atom stereocenters. The summed E-state index contributed by atoms with van der Waals surface area (Å²) in [5.41, 5.74) is 16.9. The lowest BCUT2D eigenvalue weighted by Gasteiger charge is -2.16. The molecule has 0 N–H and O–H groups in total. The minimum absolute atomic E-state index is 0.951. The maximum atomic E-state index is 9.13. The zero-order valence-electron chi connectivity index (χ0n) is 22.5. The van der Waals surface area contributed by atoms with Crippen LogP contribution in [0.4, 0.5) is 0 Å². The lowest BCUT2D eigenvalue weighted by molar-refractivity contribution is 0.00800. The molecule has 0 aliphatic heterocycles. The average molecular weight is 471 g/mol. The molecule has 0 aliphatic carbocycles. The van der Waals surface area contributed by atoms with Gasteiger partial charge in [-0.1, -0.05) is 121 Å². The van der Waals surface area contributed by atoms with Crippen LogP contribution in [0, 0.1) is 0 Å². The van der Waals surface area contributed by atoms with Gasteiger partial charge < -0.3 is 5.53 Å². The predicted octanol–water partition coefficient (Wildman–Crippen LogP) is 9.77. The van der Waals surface area contributed by atoms with E-state index in [4.69, 9.17) is 5.53 Å². The van der Waals surface area contributed by atoms with Crippen LogP contribution in [-0.4, -0.2) is 10.7 Å². The van der Waals surface area contributed by atoms with Crippen LogP contribution in [0.1, 0.15) is 120 Å². The summed E-state index contributed by atoms with van der Waals surface area (Å²) in [4.78, 5) is 3.18. The molecule has 0 amide bonds. The van der Waals surface area contributed by atoms with E-state index in [0.29, 0.717) is 0 Å². The highest BCUT2D eigenvalue weighted by atomic mass is 14.8. The van der Waals surface area contributed by atoms with Gasteiger partial charge in [0.25, 0.3) is 5.87 Å². The molecule has 0 heterocycles. The molecule has 0 aromatic heterocycles. The van der Waals surface area contributed by atoms with Crippen molar-refractivity contribution in [2.45, 2.75) is 111 Å². The van der Waals surface area contributed by atoms with Crippen molar-refractivity contribution in [1.82, 2.24) is 0 Å². The fourth-order valence-electron chi connectivity index (χ4n) is 4.73. The summed E-state index contributed by atoms with van der Waals surface area (Å²) in [6.45, 7) is 6.75. The third-order valence-corrected chi connectivity index (χ3v) is 6.74. The number of rotatable bonds is 17. The van der Waals surface area contributed by atoms with Crippen LogP contribution < -0.4 is 0 Å². The van der Waals surface area contributed by atoms with E-state index < -0.39 is 0 Å². The van der Waals surface area contributed by atoms with Gasteiger partial charge in [-0.05, 0) is 71.9 Å². The maximum absolute atomic E-state index is 9.13. The summed E-state index contributed by atoms with van der Waals surface area (Å²) in [5.74, 6) is 2.72. The lowest BCUT2D eigenvalue weighted by Crippen LogP contribution is -1.98. The van der Waals surface area contributed by atoms with Crippen LogP contribution in [0.2, 0.25) is 0 Å². The first-order valence-corrected chi connectivity index (χ1v) is 14.1. The van der Waals surface area contributed by atoms with Crippen LogP contribution in [-0.2, 0) is 12.8 Å². The number of nitrogens with zero attached hydrogens (tertiary/aromatic N) is 2. The van der Waals surface area contributed by atoms with Crippen LogP contribution in [0.3, 0.4) is 0 Å². The quantitative estimate of drug-likeness (QED) is 0.0725. The van der Waals surface area contributed by atoms with Crippen LogP contribution >= 0.6 is 0 Å². The molecule has 0 bridgehead atoms. The number of allylic oxidation sites excluding steroid dienone is 2. The van der Waals surface area contributed by atoms with Crippen LogP contribution in [0.25, 0.3) is 11.1 Å². The highest BCUT2D eigenvalue weighted by molar-refractivity contribution is 5.85. The average Bonchev–Trinajstić information content (AvgIpc) is 2.88. The Balaban J connectivity index is 2.44. The van der Waals surface area contributed by atoms with Crippen molar-refractivity contribution >= 4 is 11.4 Å². The Bertz CT molecular complexity index is 988. The standard InChI is InChI=1S/C33H46N2/c1-4-7-10-11-12-14-18-29-20-16-23-32(27-29)33(30(24-25-35-34)21-13-8-5-2)31-22-15-19-28(26-31)17-9-6-3/h15-16,19-20,22-24,26-27H,4-14,17-18,21H2,1-3H3. The van der Waals surface area contributed by atoms with Crippen molar-refractivity contribution in [2.24, 2.45) is 0 Å². The first-order chi connectivity index (χ1) is 17.2. The molecule has 0 aliphatic rings. The Morgan fingerprint density at radius 1 is 0.714 bits per heavy atom. The molecular weight excluding hydrogens is 424 g/mol. The summed E-state index contributed by atoms with van der Waals surface area (Å²) in [7, 11) is 0. The highest BCUT2D eigenvalue weighted by Gasteiger charge is 2.13. The van der Waals surface area contributed by atoms with Gasteiger partial charge in [-0.15, -0.1) is 4.79 Å². The molecule has 2 nitrogen and oxygen atoms in total. The van der Waals surface area contributed by atoms with E-state index in [-0.39, 0.29) is 0 Å². The predicted molar refractivity (Wildman–Crippen MR) is 152 cm³/mol. The van der Waals surface area contributed by atoms with Crippen molar-refractivity contribution in [1.29, 1.82) is 0 Å². The Labute approximate surface area is 214 Å². The molecule has 0 fully saturated rings. The van der Waals surface area contributed by atoms with Crippen LogP contribution in [0.5, 0.6) is 0 Å². The molecule has 0 saturated carbocycles. The zero-order valence-corrected chi connectivity index (χ0v) is 22.5. The molecule has 0 saturated heterocycles. The molecule has 2 heteroatoms. The first-order valence-electron chi connectivity index (χ1n) is 14.1. The molecule has 2 aromatic rings. The Kier molecular flexibility index (Phi) is 14.5. The van der Waals surface area contributed by atoms with Gasteiger partial charge in [0, 0.05) is 0 Å². The van der Waals surface area contributed by atoms with Crippen molar-refractivity contribution in [3.63, 3.8) is 0 Å². The second kappa shape index (κ2) is 17.7. The number of aryl methyl sites for hydroxylation is 2. The number of unbranched alkanes of at least 4 members (excludes halogenated alkanes) is 8. The molecule has 35 heavy (non-hydrogen) atoms. The van der Waals surface area contributed by atoms with Gasteiger partial charge in [0.1, 0.15) is 0 Å². The number of hydrogen-bond acceptors (Lipinski definition) is 0. The minimum atomic E-state index is 0.951. The Morgan fingerprint density at radius 2 is 1.26 bits per heavy atom. The molecular formula is C33H46N2. The third-order valence-electron chi connectivity index (χ3n) is 6.74. The van der Waals surface area contributed by atoms with Crippen molar-refractivity contribution in [3.05, 3.63) is 88.0 Å². The normalized spacial score (nSPS) is 11.5. The number of hydrogen-bond donors (Lipinski definition) is 0. The Morgan fingerprint density at radius 3 is 1.86 bits per heavy atom. The monoisotopic (exact) mass is 470 g/mol. The minimum Gasteiger partial charge on any atom is -0.348 e. The van der Waals surface area contributed by atoms with Gasteiger partial charge in [-0.2, -0.15) is 0 Å². The maximum Gasteiger partial charge on any atom is 0.299 e. The molecule has 0 atom stereocenters. The van der Waals surface area contributed by atoms with Gasteiger partial charge in [-0.25, -0.2) is 0 Å². The zero-order chi connectivity index (χ0) is 25.1. The lowest BCUT2D eigenvalue weighted by atomic mass is 9.88. The van der Waals surface area contributed by atoms with E-state index >= 15 is 0 Å². The SMILES string of the molecule is CCCCCCCCc1cccc(C(=C(C=C=[N+]=[N-])CCCCC)c2cccc(CCCC)c2)c1. The fraction of sp³-hybridized carbons (Fsp3) is 0.515. The second-order valence-electron chi connectivity index (χ2n) is 9.75. The largest absolute Gasteiger partial charge is 0.348 e. The van der Waals surface area contributed by atoms with E-state index in [1.54, 1.807) is 0 Å². The van der Waals surface area contributed by atoms with Crippen molar-refractivity contribution < 1.29 is 4.79 Å². The third kappa shape index (κ3) is 10.6. The fourth-order valence-corrected chi connectivity index (χ4v) is 4.73. The van der Waals surface area contributed by atoms with Crippen molar-refractivity contribution in [2.75, 3.05) is 0 Å². The summed E-state index contributed by atoms with van der Waals surface area (Å²) in [6.07, 6.45) is 18.9. The molecule has 0 spiro atoms. The summed E-state index contributed by atoms with van der Waals surface area (Å²) in [6, 6.07) is 18.1. The summed E-state index contributed by atoms with van der Waals surface area (Å²) >= 11 is 0. The van der Waals surface area contributed by atoms with E-state index in [9.17, 15) is 0 Å². The van der Waals surface area contributed by atoms with Gasteiger partial charge in [-0.3, -0.25) is 0 Å². The first kappa shape index (κ1) is 28.6. The molecule has 2 aromatic carbocycles. The number of benzene rings is 2. The molecule has 188 valence electrons. The van der Waals surface area contributed by atoms with Gasteiger partial charge in [0.2, 0.25) is 0 Å². The Hall–Kier alpha value is -2.66. The van der Waals surface area contributed by atoms with E-state index in [0.717, 1.165) is 25.7 Å². The van der Waals surface area contributed by atoms with E-state index in [1.807, 2.05) is 6.08 Å². The van der Waals surface area contributed by atoms with Crippen molar-refractivity contribution in [3.8, 4) is 0 Å². The summed E-state index contributed by atoms with van der Waals surface area (Å²) in [5, 5.41) is 0. The van der Waals surface area contributed by atoms with Gasteiger partial charge >= 0.3 is 0 Å². The molecule has 0 radical (unpaired) electrons. The summed E-state index contributed by atoms with van der Waals surface area (Å²) < 4.78 is 0. The van der Waals surface area contributed by atoms with Crippen LogP contribution in [0.15, 0.2) is 60.2 Å². The van der Waals surface area contributed by atoms with Gasteiger partial charge in [0.05, 0.1) is 6.08 Å². The smallest absolute Gasteiger partial charge is 0.299 e. The topological polar surface area (TPSA) is 36.4 Å². The molecule has 2 rings (SSSR count). The second-order valence-corrected chi connectivity index (χ2v) is 9.75.